The van der Waals surface area contributed by atoms with Crippen LogP contribution in [0.3, 0.4) is 0 Å². The molecule has 1 aliphatic heterocycles. The topological polar surface area (TPSA) is 30.5 Å². The minimum Gasteiger partial charge on any atom is -0.492 e. The van der Waals surface area contributed by atoms with Gasteiger partial charge in [0.1, 0.15) is 5.75 Å². The first-order chi connectivity index (χ1) is 10.9. The second-order valence-electron chi connectivity index (χ2n) is 6.24. The average Bonchev–Trinajstić information content (AvgIpc) is 2.59. The van der Waals surface area contributed by atoms with Crippen molar-refractivity contribution in [3.63, 3.8) is 0 Å². The molecule has 1 aliphatic carbocycles. The molecule has 4 heteroatoms. The molecular formula is C18H27NO2S. The number of hydrogen-bond donors (Lipinski definition) is 1. The van der Waals surface area contributed by atoms with E-state index in [1.165, 1.54) is 49.7 Å². The number of rotatable bonds is 7. The van der Waals surface area contributed by atoms with Gasteiger partial charge in [-0.15, -0.1) is 0 Å². The molecule has 1 saturated carbocycles. The van der Waals surface area contributed by atoms with Gasteiger partial charge in [-0.1, -0.05) is 31.4 Å². The van der Waals surface area contributed by atoms with Gasteiger partial charge in [-0.25, -0.2) is 0 Å². The molecule has 1 fully saturated rings. The molecule has 0 spiro atoms. The minimum absolute atomic E-state index is 0.746. The van der Waals surface area contributed by atoms with Gasteiger partial charge in [0, 0.05) is 18.1 Å². The molecule has 0 saturated heterocycles. The van der Waals surface area contributed by atoms with E-state index in [1.54, 1.807) is 0 Å². The molecular weight excluding hydrogens is 294 g/mol. The van der Waals surface area contributed by atoms with Crippen molar-refractivity contribution in [3.05, 3.63) is 23.8 Å². The number of benzene rings is 1. The lowest BCUT2D eigenvalue weighted by Gasteiger charge is -2.22. The van der Waals surface area contributed by atoms with Crippen LogP contribution < -0.4 is 10.1 Å². The molecule has 0 atom stereocenters. The molecule has 1 N–H and O–H groups in total. The molecule has 1 aromatic rings. The summed E-state index contributed by atoms with van der Waals surface area (Å²) in [6.07, 6.45) is 10.2. The van der Waals surface area contributed by atoms with Crippen molar-refractivity contribution in [2.75, 3.05) is 19.8 Å². The first-order valence-corrected chi connectivity index (χ1v) is 9.45. The first-order valence-electron chi connectivity index (χ1n) is 8.71. The summed E-state index contributed by atoms with van der Waals surface area (Å²) >= 11 is 1.47. The van der Waals surface area contributed by atoms with E-state index >= 15 is 0 Å². The second kappa shape index (κ2) is 8.80. The molecule has 0 amide bonds. The first kappa shape index (κ1) is 16.2. The number of hydrogen-bond acceptors (Lipinski definition) is 4. The third-order valence-corrected chi connectivity index (χ3v) is 5.27. The highest BCUT2D eigenvalue weighted by atomic mass is 32.2. The molecule has 3 nitrogen and oxygen atoms in total. The Hall–Kier alpha value is -0.710. The lowest BCUT2D eigenvalue weighted by molar-refractivity contribution is 0.279. The van der Waals surface area contributed by atoms with E-state index in [1.807, 2.05) is 0 Å². The number of aryl methyl sites for hydroxylation is 1. The molecule has 22 heavy (non-hydrogen) atoms. The van der Waals surface area contributed by atoms with Crippen LogP contribution in [0.4, 0.5) is 0 Å². The molecule has 1 aromatic carbocycles. The lowest BCUT2D eigenvalue weighted by Crippen LogP contribution is -2.32. The quantitative estimate of drug-likeness (QED) is 0.597. The molecule has 1 heterocycles. The van der Waals surface area contributed by atoms with Crippen molar-refractivity contribution < 1.29 is 8.92 Å². The highest BCUT2D eigenvalue weighted by Gasteiger charge is 2.15. The summed E-state index contributed by atoms with van der Waals surface area (Å²) in [5.41, 5.74) is 1.32. The molecule has 2 aliphatic rings. The Labute approximate surface area is 138 Å². The summed E-state index contributed by atoms with van der Waals surface area (Å²) in [6.45, 7) is 2.68. The fraction of sp³-hybridized carbons (Fsp3) is 0.667. The zero-order valence-corrected chi connectivity index (χ0v) is 14.1. The van der Waals surface area contributed by atoms with Crippen molar-refractivity contribution in [2.24, 2.45) is 0 Å². The van der Waals surface area contributed by atoms with Crippen molar-refractivity contribution in [1.29, 1.82) is 0 Å². The van der Waals surface area contributed by atoms with Gasteiger partial charge in [0.25, 0.3) is 0 Å². The number of ether oxygens (including phenoxy) is 1. The van der Waals surface area contributed by atoms with Gasteiger partial charge in [0.05, 0.1) is 18.1 Å². The Balaban J connectivity index is 1.33. The summed E-state index contributed by atoms with van der Waals surface area (Å²) in [6, 6.07) is 7.10. The van der Waals surface area contributed by atoms with Crippen LogP contribution in [0.1, 0.15) is 50.5 Å². The number of nitrogens with one attached hydrogen (secondary N) is 1. The normalized spacial score (nSPS) is 18.7. The van der Waals surface area contributed by atoms with Gasteiger partial charge < -0.3 is 14.2 Å². The predicted molar refractivity (Wildman–Crippen MR) is 91.6 cm³/mol. The highest BCUT2D eigenvalue weighted by Crippen LogP contribution is 2.36. The summed E-state index contributed by atoms with van der Waals surface area (Å²) in [5, 5.41) is 3.66. The van der Waals surface area contributed by atoms with E-state index in [9.17, 15) is 0 Å². The smallest absolute Gasteiger partial charge is 0.138 e. The maximum Gasteiger partial charge on any atom is 0.138 e. The van der Waals surface area contributed by atoms with Crippen LogP contribution in [-0.4, -0.2) is 25.8 Å². The molecule has 0 bridgehead atoms. The number of para-hydroxylation sites is 1. The van der Waals surface area contributed by atoms with Gasteiger partial charge in [0.2, 0.25) is 0 Å². The molecule has 3 rings (SSSR count). The standard InChI is InChI=1S/C18H27NO2S/c1-2-9-16(10-3-1)19-12-6-14-21-22-17-11-4-7-15-8-5-13-20-18(15)17/h4,7,11,16,19H,1-3,5-6,8-10,12-14H2. The summed E-state index contributed by atoms with van der Waals surface area (Å²) in [7, 11) is 0. The number of fused-ring (bicyclic) bond motifs is 1. The zero-order valence-electron chi connectivity index (χ0n) is 13.3. The van der Waals surface area contributed by atoms with Gasteiger partial charge in [-0.3, -0.25) is 0 Å². The Kier molecular flexibility index (Phi) is 6.46. The maximum atomic E-state index is 5.80. The zero-order chi connectivity index (χ0) is 15.0. The lowest BCUT2D eigenvalue weighted by atomic mass is 9.95. The van der Waals surface area contributed by atoms with Crippen molar-refractivity contribution in [1.82, 2.24) is 5.32 Å². The van der Waals surface area contributed by atoms with E-state index in [-0.39, 0.29) is 0 Å². The van der Waals surface area contributed by atoms with Gasteiger partial charge in [-0.05, 0) is 50.3 Å². The van der Waals surface area contributed by atoms with Crippen LogP contribution in [0.5, 0.6) is 5.75 Å². The molecule has 122 valence electrons. The monoisotopic (exact) mass is 321 g/mol. The molecule has 0 unspecified atom stereocenters. The summed E-state index contributed by atoms with van der Waals surface area (Å²) < 4.78 is 11.6. The Bertz CT molecular complexity index is 460. The Morgan fingerprint density at radius 3 is 3.00 bits per heavy atom. The highest BCUT2D eigenvalue weighted by molar-refractivity contribution is 7.94. The van der Waals surface area contributed by atoms with Gasteiger partial charge >= 0.3 is 0 Å². The van der Waals surface area contributed by atoms with Crippen LogP contribution in [-0.2, 0) is 10.6 Å². The second-order valence-corrected chi connectivity index (χ2v) is 7.09. The van der Waals surface area contributed by atoms with Gasteiger partial charge in [-0.2, -0.15) is 0 Å². The molecule has 0 aromatic heterocycles. The molecule has 0 radical (unpaired) electrons. The fourth-order valence-electron chi connectivity index (χ4n) is 3.27. The van der Waals surface area contributed by atoms with Crippen LogP contribution in [0.25, 0.3) is 0 Å². The van der Waals surface area contributed by atoms with Crippen LogP contribution >= 0.6 is 12.0 Å². The van der Waals surface area contributed by atoms with Gasteiger partial charge in [0.15, 0.2) is 0 Å². The largest absolute Gasteiger partial charge is 0.492 e. The van der Waals surface area contributed by atoms with E-state index in [2.05, 4.69) is 23.5 Å². The van der Waals surface area contributed by atoms with Crippen molar-refractivity contribution in [3.8, 4) is 5.75 Å². The minimum atomic E-state index is 0.746. The van der Waals surface area contributed by atoms with Crippen molar-refractivity contribution in [2.45, 2.75) is 62.3 Å². The van der Waals surface area contributed by atoms with E-state index in [4.69, 9.17) is 8.92 Å². The SMILES string of the molecule is c1cc2c(c(SOCCCNC3CCCCC3)c1)OCCC2. The van der Waals surface area contributed by atoms with Crippen LogP contribution in [0.15, 0.2) is 23.1 Å². The van der Waals surface area contributed by atoms with E-state index in [0.29, 0.717) is 0 Å². The van der Waals surface area contributed by atoms with Crippen molar-refractivity contribution >= 4 is 12.0 Å². The van der Waals surface area contributed by atoms with Crippen LogP contribution in [0.2, 0.25) is 0 Å². The Morgan fingerprint density at radius 1 is 1.18 bits per heavy atom. The fourth-order valence-corrected chi connectivity index (χ4v) is 4.00. The maximum absolute atomic E-state index is 5.80. The Morgan fingerprint density at radius 2 is 2.09 bits per heavy atom. The average molecular weight is 321 g/mol. The summed E-state index contributed by atoms with van der Waals surface area (Å²) in [4.78, 5) is 1.12. The summed E-state index contributed by atoms with van der Waals surface area (Å²) in [5.74, 6) is 1.04. The van der Waals surface area contributed by atoms with E-state index < -0.39 is 0 Å². The van der Waals surface area contributed by atoms with Crippen LogP contribution in [0, 0.1) is 0 Å². The van der Waals surface area contributed by atoms with E-state index in [0.717, 1.165) is 55.7 Å². The predicted octanol–water partition coefficient (Wildman–Crippen LogP) is 4.35. The third kappa shape index (κ3) is 4.64. The third-order valence-electron chi connectivity index (χ3n) is 4.49.